The molecule has 1 heterocycles. The lowest BCUT2D eigenvalue weighted by molar-refractivity contribution is -0.131. The summed E-state index contributed by atoms with van der Waals surface area (Å²) in [5.41, 5.74) is 1.87. The number of phenolic OH excluding ortho intramolecular Hbond substituents is 3. The highest BCUT2D eigenvalue weighted by Gasteiger charge is 2.17. The third-order valence-corrected chi connectivity index (χ3v) is 5.65. The van der Waals surface area contributed by atoms with Crippen LogP contribution in [0.25, 0.3) is 28.4 Å². The van der Waals surface area contributed by atoms with E-state index in [2.05, 4.69) is 0 Å². The quantitative estimate of drug-likeness (QED) is 0.190. The first-order valence-corrected chi connectivity index (χ1v) is 11.3. The number of benzene rings is 3. The minimum Gasteiger partial charge on any atom is -0.508 e. The molecule has 8 heteroatoms. The zero-order valence-electron chi connectivity index (χ0n) is 19.8. The molecule has 0 aliphatic carbocycles. The number of carbonyl (C=O) groups is 1. The van der Waals surface area contributed by atoms with Gasteiger partial charge in [-0.3, -0.25) is 4.79 Å². The van der Waals surface area contributed by atoms with E-state index in [-0.39, 0.29) is 52.6 Å². The van der Waals surface area contributed by atoms with Crippen molar-refractivity contribution >= 4 is 23.0 Å². The first kappa shape index (κ1) is 25.1. The minimum atomic E-state index is -1.02. The van der Waals surface area contributed by atoms with Gasteiger partial charge in [0.05, 0.1) is 0 Å². The Labute approximate surface area is 211 Å². The lowest BCUT2D eigenvalue weighted by atomic mass is 10.0. The highest BCUT2D eigenvalue weighted by molar-refractivity contribution is 5.88. The molecule has 1 aromatic heterocycles. The number of allylic oxidation sites excluding steroid dienone is 1. The third-order valence-electron chi connectivity index (χ3n) is 5.65. The number of aliphatic carboxylic acids is 1. The Hall–Kier alpha value is -4.98. The van der Waals surface area contributed by atoms with Gasteiger partial charge in [0.1, 0.15) is 46.3 Å². The molecule has 0 atom stereocenters. The van der Waals surface area contributed by atoms with E-state index >= 15 is 0 Å². The fourth-order valence-electron chi connectivity index (χ4n) is 3.67. The molecule has 4 N–H and O–H groups in total. The van der Waals surface area contributed by atoms with E-state index in [1.54, 1.807) is 42.5 Å². The Kier molecular flexibility index (Phi) is 7.29. The van der Waals surface area contributed by atoms with Gasteiger partial charge in [-0.25, -0.2) is 4.79 Å². The van der Waals surface area contributed by atoms with Crippen LogP contribution in [-0.4, -0.2) is 33.0 Å². The molecular weight excluding hydrogens is 476 g/mol. The summed E-state index contributed by atoms with van der Waals surface area (Å²) in [6.07, 6.45) is 4.46. The zero-order valence-corrected chi connectivity index (χ0v) is 19.8. The number of rotatable bonds is 8. The summed E-state index contributed by atoms with van der Waals surface area (Å²) in [6, 6.07) is 15.6. The van der Waals surface area contributed by atoms with Gasteiger partial charge < -0.3 is 29.6 Å². The van der Waals surface area contributed by atoms with Crippen molar-refractivity contribution in [2.75, 3.05) is 6.61 Å². The molecule has 0 saturated carbocycles. The topological polar surface area (TPSA) is 137 Å². The van der Waals surface area contributed by atoms with Crippen LogP contribution in [0.5, 0.6) is 23.0 Å². The molecule has 0 unspecified atom stereocenters. The predicted octanol–water partition coefficient (Wildman–Crippen LogP) is 5.24. The number of hydrogen-bond donors (Lipinski definition) is 4. The number of aromatic hydroxyl groups is 3. The van der Waals surface area contributed by atoms with Gasteiger partial charge in [0, 0.05) is 29.3 Å². The van der Waals surface area contributed by atoms with Crippen molar-refractivity contribution in [3.05, 3.63) is 99.7 Å². The summed E-state index contributed by atoms with van der Waals surface area (Å²) in [6.45, 7) is 2.08. The van der Waals surface area contributed by atoms with Crippen molar-refractivity contribution in [1.82, 2.24) is 0 Å². The molecule has 37 heavy (non-hydrogen) atoms. The Bertz CT molecular complexity index is 1560. The van der Waals surface area contributed by atoms with Gasteiger partial charge in [-0.1, -0.05) is 18.2 Å². The van der Waals surface area contributed by atoms with Crippen LogP contribution >= 0.6 is 0 Å². The number of ether oxygens (including phenoxy) is 1. The van der Waals surface area contributed by atoms with E-state index in [1.165, 1.54) is 30.3 Å². The Balaban J connectivity index is 1.50. The lowest BCUT2D eigenvalue weighted by Gasteiger charge is -2.11. The second-order valence-corrected chi connectivity index (χ2v) is 8.40. The van der Waals surface area contributed by atoms with E-state index in [9.17, 15) is 24.9 Å². The largest absolute Gasteiger partial charge is 0.508 e. The van der Waals surface area contributed by atoms with Crippen molar-refractivity contribution in [2.45, 2.75) is 13.3 Å². The number of carboxylic acids is 1. The summed E-state index contributed by atoms with van der Waals surface area (Å²) in [5.74, 6) is -0.684. The normalized spacial score (nSPS) is 11.8. The van der Waals surface area contributed by atoms with Gasteiger partial charge in [0.25, 0.3) is 0 Å². The Morgan fingerprint density at radius 1 is 1.00 bits per heavy atom. The average molecular weight is 501 g/mol. The first-order valence-electron chi connectivity index (χ1n) is 11.3. The van der Waals surface area contributed by atoms with E-state index in [4.69, 9.17) is 14.3 Å². The van der Waals surface area contributed by atoms with Crippen LogP contribution in [-0.2, 0) is 11.2 Å². The molecule has 4 aromatic rings. The van der Waals surface area contributed by atoms with E-state index in [0.717, 1.165) is 17.2 Å². The van der Waals surface area contributed by atoms with Crippen molar-refractivity contribution in [1.29, 1.82) is 0 Å². The minimum absolute atomic E-state index is 0.0327. The molecule has 0 fully saturated rings. The zero-order chi connectivity index (χ0) is 26.5. The fraction of sp³-hybridized carbons (Fsp3) is 0.103. The summed E-state index contributed by atoms with van der Waals surface area (Å²) in [7, 11) is 0. The van der Waals surface area contributed by atoms with E-state index in [0.29, 0.717) is 11.3 Å². The summed E-state index contributed by atoms with van der Waals surface area (Å²) in [4.78, 5) is 23.4. The van der Waals surface area contributed by atoms with E-state index < -0.39 is 11.4 Å². The first-order chi connectivity index (χ1) is 17.7. The fourth-order valence-corrected chi connectivity index (χ4v) is 3.67. The maximum absolute atomic E-state index is 12.8. The van der Waals surface area contributed by atoms with Crippen LogP contribution in [0.4, 0.5) is 0 Å². The maximum Gasteiger partial charge on any atom is 0.328 e. The van der Waals surface area contributed by atoms with Gasteiger partial charge in [-0.2, -0.15) is 0 Å². The van der Waals surface area contributed by atoms with Crippen molar-refractivity contribution in [3.8, 4) is 34.3 Å². The second-order valence-electron chi connectivity index (χ2n) is 8.40. The summed E-state index contributed by atoms with van der Waals surface area (Å²) < 4.78 is 11.5. The van der Waals surface area contributed by atoms with Gasteiger partial charge in [-0.15, -0.1) is 0 Å². The molecule has 0 spiro atoms. The smallest absolute Gasteiger partial charge is 0.328 e. The van der Waals surface area contributed by atoms with Crippen LogP contribution in [0.3, 0.4) is 0 Å². The Morgan fingerprint density at radius 3 is 2.38 bits per heavy atom. The van der Waals surface area contributed by atoms with Crippen LogP contribution in [0.1, 0.15) is 18.1 Å². The maximum atomic E-state index is 12.8. The molecule has 188 valence electrons. The van der Waals surface area contributed by atoms with Gasteiger partial charge in [0.2, 0.25) is 0 Å². The molecule has 0 aliphatic heterocycles. The predicted molar refractivity (Wildman–Crippen MR) is 139 cm³/mol. The van der Waals surface area contributed by atoms with Crippen LogP contribution in [0.15, 0.2) is 87.6 Å². The van der Waals surface area contributed by atoms with Gasteiger partial charge in [-0.05, 0) is 67.0 Å². The van der Waals surface area contributed by atoms with Crippen LogP contribution in [0.2, 0.25) is 0 Å². The highest BCUT2D eigenvalue weighted by atomic mass is 16.5. The molecule has 4 rings (SSSR count). The van der Waals surface area contributed by atoms with Gasteiger partial charge >= 0.3 is 5.97 Å². The molecule has 3 aromatic carbocycles. The van der Waals surface area contributed by atoms with Crippen LogP contribution in [0, 0.1) is 0 Å². The number of phenols is 3. The molecule has 0 bridgehead atoms. The van der Waals surface area contributed by atoms with Gasteiger partial charge in [0.15, 0.2) is 5.43 Å². The van der Waals surface area contributed by atoms with Crippen LogP contribution < -0.4 is 10.2 Å². The molecule has 0 aliphatic rings. The molecule has 0 saturated heterocycles. The lowest BCUT2D eigenvalue weighted by Crippen LogP contribution is -2.03. The van der Waals surface area contributed by atoms with E-state index in [1.807, 2.05) is 6.92 Å². The standard InChI is InChI=1S/C29H24O8/c1-17(16-36-21-10-3-18(4-11-21)5-13-27(33)34)2-12-22-23(31)14-26-28(29(22)35)24(32)15-25(37-26)19-6-8-20(30)9-7-19/h2-11,13-15,30-31,35H,12,16H2,1H3,(H,33,34)/b13-5+,17-2+. The number of carboxylic acid groups (broad SMARTS) is 1. The summed E-state index contributed by atoms with van der Waals surface area (Å²) in [5, 5.41) is 39.5. The monoisotopic (exact) mass is 500 g/mol. The molecule has 8 nitrogen and oxygen atoms in total. The Morgan fingerprint density at radius 2 is 1.70 bits per heavy atom. The second kappa shape index (κ2) is 10.7. The number of hydrogen-bond acceptors (Lipinski definition) is 7. The molecule has 0 amide bonds. The van der Waals surface area contributed by atoms with Crippen molar-refractivity contribution in [3.63, 3.8) is 0 Å². The molecular formula is C29H24O8. The third kappa shape index (κ3) is 5.99. The molecule has 0 radical (unpaired) electrons. The summed E-state index contributed by atoms with van der Waals surface area (Å²) >= 11 is 0. The highest BCUT2D eigenvalue weighted by Crippen LogP contribution is 2.36. The SMILES string of the molecule is C/C(=C\Cc1c(O)cc2oc(-c3ccc(O)cc3)cc(=O)c2c1O)COc1ccc(/C=C/C(=O)O)cc1. The van der Waals surface area contributed by atoms with Crippen molar-refractivity contribution in [2.24, 2.45) is 0 Å². The number of fused-ring (bicyclic) bond motifs is 1. The average Bonchev–Trinajstić information content (AvgIpc) is 2.86. The van der Waals surface area contributed by atoms with Crippen molar-refractivity contribution < 1.29 is 34.4 Å².